The summed E-state index contributed by atoms with van der Waals surface area (Å²) < 4.78 is 5.58. The lowest BCUT2D eigenvalue weighted by molar-refractivity contribution is -0.124. The van der Waals surface area contributed by atoms with Crippen LogP contribution >= 0.6 is 11.6 Å². The number of aryl methyl sites for hydroxylation is 1. The third-order valence-corrected chi connectivity index (χ3v) is 4.69. The van der Waals surface area contributed by atoms with Crippen LogP contribution in [0.3, 0.4) is 0 Å². The number of nitrogens with one attached hydrogen (secondary N) is 3. The number of carbonyl (C=O) groups excluding carboxylic acids is 4. The number of barbiturate groups is 1. The van der Waals surface area contributed by atoms with Gasteiger partial charge in [0.05, 0.1) is 0 Å². The lowest BCUT2D eigenvalue weighted by Crippen LogP contribution is -2.51. The minimum Gasteiger partial charge on any atom is -0.483 e. The van der Waals surface area contributed by atoms with Gasteiger partial charge in [-0.25, -0.2) is 4.79 Å². The molecular weight excluding hydrogens is 410 g/mol. The Balaban J connectivity index is 1.77. The molecule has 154 valence electrons. The number of imide groups is 2. The first kappa shape index (κ1) is 21.1. The van der Waals surface area contributed by atoms with Crippen molar-refractivity contribution in [2.24, 2.45) is 0 Å². The molecule has 0 atom stereocenters. The molecule has 0 radical (unpaired) electrons. The van der Waals surface area contributed by atoms with Gasteiger partial charge in [0.2, 0.25) is 0 Å². The zero-order chi connectivity index (χ0) is 21.8. The number of hydrogen-bond donors (Lipinski definition) is 3. The molecule has 1 fully saturated rings. The highest BCUT2D eigenvalue weighted by molar-refractivity contribution is 6.32. The lowest BCUT2D eigenvalue weighted by atomic mass is 10.1. The molecule has 2 aromatic rings. The summed E-state index contributed by atoms with van der Waals surface area (Å²) in [5.41, 5.74) is 2.69. The van der Waals surface area contributed by atoms with Gasteiger partial charge in [-0.15, -0.1) is 0 Å². The summed E-state index contributed by atoms with van der Waals surface area (Å²) >= 11 is 6.01. The van der Waals surface area contributed by atoms with Crippen LogP contribution in [-0.2, 0) is 14.4 Å². The van der Waals surface area contributed by atoms with Gasteiger partial charge in [-0.05, 0) is 55.3 Å². The Morgan fingerprint density at radius 1 is 1.10 bits per heavy atom. The summed E-state index contributed by atoms with van der Waals surface area (Å²) in [6.07, 6.45) is 1.24. The Kier molecular flexibility index (Phi) is 6.17. The van der Waals surface area contributed by atoms with E-state index in [2.05, 4.69) is 5.32 Å². The van der Waals surface area contributed by atoms with Gasteiger partial charge in [0, 0.05) is 16.3 Å². The molecule has 9 heteroatoms. The van der Waals surface area contributed by atoms with Gasteiger partial charge < -0.3 is 10.1 Å². The lowest BCUT2D eigenvalue weighted by Gasteiger charge is -2.15. The second-order valence-corrected chi connectivity index (χ2v) is 7.00. The monoisotopic (exact) mass is 427 g/mol. The molecule has 1 saturated heterocycles. The van der Waals surface area contributed by atoms with Crippen LogP contribution in [0.2, 0.25) is 5.02 Å². The standard InChI is InChI=1S/C21H18ClN3O5/c1-11-4-3-5-16(12(11)2)23-18(26)10-30-17-7-6-14(22)8-13(17)9-15-19(27)24-21(29)25-20(15)28/h3-9H,10H2,1-2H3,(H,23,26)(H2,24,25,27,28,29). The number of anilines is 1. The Morgan fingerprint density at radius 3 is 2.50 bits per heavy atom. The van der Waals surface area contributed by atoms with Crippen molar-refractivity contribution in [3.8, 4) is 5.75 Å². The van der Waals surface area contributed by atoms with Crippen LogP contribution in [0.1, 0.15) is 16.7 Å². The number of amides is 5. The summed E-state index contributed by atoms with van der Waals surface area (Å²) in [5.74, 6) is -1.83. The van der Waals surface area contributed by atoms with E-state index < -0.39 is 17.8 Å². The van der Waals surface area contributed by atoms with Crippen molar-refractivity contribution in [2.45, 2.75) is 13.8 Å². The van der Waals surface area contributed by atoms with E-state index in [0.717, 1.165) is 11.1 Å². The summed E-state index contributed by atoms with van der Waals surface area (Å²) in [5, 5.41) is 7.09. The predicted octanol–water partition coefficient (Wildman–Crippen LogP) is 2.72. The van der Waals surface area contributed by atoms with Gasteiger partial charge in [0.1, 0.15) is 11.3 Å². The first-order chi connectivity index (χ1) is 14.2. The molecule has 0 aromatic heterocycles. The molecule has 8 nitrogen and oxygen atoms in total. The molecule has 1 aliphatic heterocycles. The van der Waals surface area contributed by atoms with E-state index in [1.807, 2.05) is 36.6 Å². The minimum absolute atomic E-state index is 0.237. The Bertz CT molecular complexity index is 1070. The third-order valence-electron chi connectivity index (χ3n) is 4.45. The molecule has 1 aliphatic rings. The van der Waals surface area contributed by atoms with Crippen molar-refractivity contribution in [2.75, 3.05) is 11.9 Å². The third kappa shape index (κ3) is 4.84. The zero-order valence-electron chi connectivity index (χ0n) is 16.2. The van der Waals surface area contributed by atoms with Crippen LogP contribution in [0.4, 0.5) is 10.5 Å². The highest BCUT2D eigenvalue weighted by Gasteiger charge is 2.28. The second-order valence-electron chi connectivity index (χ2n) is 6.56. The van der Waals surface area contributed by atoms with E-state index in [1.165, 1.54) is 18.2 Å². The van der Waals surface area contributed by atoms with Gasteiger partial charge in [0.25, 0.3) is 17.7 Å². The van der Waals surface area contributed by atoms with Crippen LogP contribution in [-0.4, -0.2) is 30.4 Å². The maximum atomic E-state index is 12.3. The molecule has 3 rings (SSSR count). The van der Waals surface area contributed by atoms with E-state index >= 15 is 0 Å². The average Bonchev–Trinajstić information content (AvgIpc) is 2.67. The van der Waals surface area contributed by atoms with Gasteiger partial charge in [-0.3, -0.25) is 25.0 Å². The van der Waals surface area contributed by atoms with Crippen molar-refractivity contribution >= 4 is 47.1 Å². The van der Waals surface area contributed by atoms with Crippen LogP contribution < -0.4 is 20.7 Å². The van der Waals surface area contributed by atoms with Crippen molar-refractivity contribution < 1.29 is 23.9 Å². The fraction of sp³-hybridized carbons (Fsp3) is 0.143. The predicted molar refractivity (Wildman–Crippen MR) is 111 cm³/mol. The molecule has 0 unspecified atom stereocenters. The fourth-order valence-corrected chi connectivity index (χ4v) is 2.92. The normalized spacial score (nSPS) is 13.4. The summed E-state index contributed by atoms with van der Waals surface area (Å²) in [6, 6.07) is 9.22. The largest absolute Gasteiger partial charge is 0.483 e. The average molecular weight is 428 g/mol. The quantitative estimate of drug-likeness (QED) is 0.501. The Hall–Kier alpha value is -3.65. The number of ether oxygens (including phenoxy) is 1. The highest BCUT2D eigenvalue weighted by Crippen LogP contribution is 2.26. The molecule has 3 N–H and O–H groups in total. The molecule has 0 aliphatic carbocycles. The second kappa shape index (κ2) is 8.79. The topological polar surface area (TPSA) is 114 Å². The number of halogens is 1. The SMILES string of the molecule is Cc1cccc(NC(=O)COc2ccc(Cl)cc2C=C2C(=O)NC(=O)NC2=O)c1C. The number of rotatable bonds is 5. The smallest absolute Gasteiger partial charge is 0.328 e. The van der Waals surface area contributed by atoms with Crippen LogP contribution in [0, 0.1) is 13.8 Å². The van der Waals surface area contributed by atoms with E-state index in [9.17, 15) is 19.2 Å². The van der Waals surface area contributed by atoms with Gasteiger partial charge >= 0.3 is 6.03 Å². The van der Waals surface area contributed by atoms with Gasteiger partial charge in [0.15, 0.2) is 6.61 Å². The fourth-order valence-electron chi connectivity index (χ4n) is 2.74. The maximum absolute atomic E-state index is 12.3. The molecular formula is C21H18ClN3O5. The Morgan fingerprint density at radius 2 is 1.80 bits per heavy atom. The van der Waals surface area contributed by atoms with Crippen LogP contribution in [0.15, 0.2) is 42.0 Å². The van der Waals surface area contributed by atoms with Crippen LogP contribution in [0.5, 0.6) is 5.75 Å². The van der Waals surface area contributed by atoms with E-state index in [4.69, 9.17) is 16.3 Å². The minimum atomic E-state index is -0.896. The molecule has 0 bridgehead atoms. The van der Waals surface area contributed by atoms with E-state index in [-0.39, 0.29) is 23.8 Å². The maximum Gasteiger partial charge on any atom is 0.328 e. The number of hydrogen-bond acceptors (Lipinski definition) is 5. The van der Waals surface area contributed by atoms with Crippen molar-refractivity contribution in [3.63, 3.8) is 0 Å². The molecule has 5 amide bonds. The Labute approximate surface area is 177 Å². The van der Waals surface area contributed by atoms with Crippen LogP contribution in [0.25, 0.3) is 6.08 Å². The van der Waals surface area contributed by atoms with Crippen molar-refractivity contribution in [1.82, 2.24) is 10.6 Å². The first-order valence-electron chi connectivity index (χ1n) is 8.91. The highest BCUT2D eigenvalue weighted by atomic mass is 35.5. The first-order valence-corrected chi connectivity index (χ1v) is 9.29. The van der Waals surface area contributed by atoms with Crippen molar-refractivity contribution in [1.29, 1.82) is 0 Å². The van der Waals surface area contributed by atoms with E-state index in [0.29, 0.717) is 16.3 Å². The van der Waals surface area contributed by atoms with Crippen molar-refractivity contribution in [3.05, 3.63) is 63.7 Å². The number of urea groups is 1. The van der Waals surface area contributed by atoms with E-state index in [1.54, 1.807) is 12.1 Å². The molecule has 0 saturated carbocycles. The summed E-state index contributed by atoms with van der Waals surface area (Å²) in [7, 11) is 0. The molecule has 0 spiro atoms. The number of carbonyl (C=O) groups is 4. The number of benzene rings is 2. The molecule has 2 aromatic carbocycles. The van der Waals surface area contributed by atoms with Gasteiger partial charge in [-0.1, -0.05) is 23.7 Å². The molecule has 1 heterocycles. The zero-order valence-corrected chi connectivity index (χ0v) is 16.9. The van der Waals surface area contributed by atoms with Gasteiger partial charge in [-0.2, -0.15) is 0 Å². The summed E-state index contributed by atoms with van der Waals surface area (Å²) in [6.45, 7) is 3.54. The molecule has 30 heavy (non-hydrogen) atoms. The summed E-state index contributed by atoms with van der Waals surface area (Å²) in [4.78, 5) is 47.4.